The van der Waals surface area contributed by atoms with Crippen LogP contribution in [0.4, 0.5) is 10.1 Å². The van der Waals surface area contributed by atoms with Crippen molar-refractivity contribution in [1.82, 2.24) is 0 Å². The molecule has 0 saturated carbocycles. The smallest absolute Gasteiger partial charge is 0.146 e. The summed E-state index contributed by atoms with van der Waals surface area (Å²) in [6.45, 7) is 0. The number of anilines is 1. The summed E-state index contributed by atoms with van der Waals surface area (Å²) < 4.78 is 14.3. The number of rotatable bonds is 3. The van der Waals surface area contributed by atoms with Gasteiger partial charge in [-0.15, -0.1) is 11.8 Å². The summed E-state index contributed by atoms with van der Waals surface area (Å²) in [6.07, 6.45) is 0. The second kappa shape index (κ2) is 5.56. The zero-order valence-corrected chi connectivity index (χ0v) is 11.4. The molecule has 0 amide bonds. The minimum absolute atomic E-state index is 0.197. The molecule has 0 unspecified atom stereocenters. The standard InChI is InChI=1S/C13H11BrFNS/c14-10-2-4-11(5-3-10)17-8-9-1-6-13(16)12(15)7-9/h1-7H,8,16H2. The molecule has 0 atom stereocenters. The summed E-state index contributed by atoms with van der Waals surface area (Å²) in [5.74, 6) is 0.387. The van der Waals surface area contributed by atoms with Gasteiger partial charge in [-0.2, -0.15) is 0 Å². The second-order valence-corrected chi connectivity index (χ2v) is 5.56. The Morgan fingerprint density at radius 3 is 2.47 bits per heavy atom. The van der Waals surface area contributed by atoms with Gasteiger partial charge in [-0.25, -0.2) is 4.39 Å². The fourth-order valence-electron chi connectivity index (χ4n) is 1.36. The van der Waals surface area contributed by atoms with Gasteiger partial charge in [0.1, 0.15) is 5.82 Å². The summed E-state index contributed by atoms with van der Waals surface area (Å²) in [6, 6.07) is 13.0. The van der Waals surface area contributed by atoms with E-state index in [2.05, 4.69) is 15.9 Å². The lowest BCUT2D eigenvalue weighted by Gasteiger charge is -2.04. The van der Waals surface area contributed by atoms with E-state index < -0.39 is 0 Å². The number of nitrogens with two attached hydrogens (primary N) is 1. The van der Waals surface area contributed by atoms with Crippen molar-refractivity contribution in [2.45, 2.75) is 10.6 Å². The first-order valence-electron chi connectivity index (χ1n) is 5.07. The number of benzene rings is 2. The Morgan fingerprint density at radius 1 is 1.12 bits per heavy atom. The van der Waals surface area contributed by atoms with Crippen molar-refractivity contribution in [3.8, 4) is 0 Å². The van der Waals surface area contributed by atoms with E-state index in [4.69, 9.17) is 5.73 Å². The van der Waals surface area contributed by atoms with E-state index in [1.807, 2.05) is 30.3 Å². The van der Waals surface area contributed by atoms with Crippen LogP contribution in [0.15, 0.2) is 51.8 Å². The molecule has 0 heterocycles. The van der Waals surface area contributed by atoms with E-state index in [9.17, 15) is 4.39 Å². The predicted molar refractivity (Wildman–Crippen MR) is 74.5 cm³/mol. The van der Waals surface area contributed by atoms with Gasteiger partial charge in [0.25, 0.3) is 0 Å². The van der Waals surface area contributed by atoms with E-state index in [-0.39, 0.29) is 11.5 Å². The molecule has 0 aromatic heterocycles. The molecule has 17 heavy (non-hydrogen) atoms. The number of thioether (sulfide) groups is 1. The van der Waals surface area contributed by atoms with Crippen LogP contribution in [-0.4, -0.2) is 0 Å². The van der Waals surface area contributed by atoms with Crippen molar-refractivity contribution in [1.29, 1.82) is 0 Å². The van der Waals surface area contributed by atoms with Gasteiger partial charge in [0.05, 0.1) is 5.69 Å². The van der Waals surface area contributed by atoms with Gasteiger partial charge in [-0.05, 0) is 42.0 Å². The Labute approximate surface area is 112 Å². The predicted octanol–water partition coefficient (Wildman–Crippen LogP) is 4.46. The van der Waals surface area contributed by atoms with Crippen LogP contribution >= 0.6 is 27.7 Å². The maximum atomic E-state index is 13.2. The third-order valence-corrected chi connectivity index (χ3v) is 3.90. The summed E-state index contributed by atoms with van der Waals surface area (Å²) in [5.41, 5.74) is 6.56. The molecule has 2 aromatic carbocycles. The average Bonchev–Trinajstić information content (AvgIpc) is 2.33. The van der Waals surface area contributed by atoms with Crippen molar-refractivity contribution in [3.63, 3.8) is 0 Å². The van der Waals surface area contributed by atoms with E-state index >= 15 is 0 Å². The highest BCUT2D eigenvalue weighted by molar-refractivity contribution is 9.10. The van der Waals surface area contributed by atoms with Crippen LogP contribution < -0.4 is 5.73 Å². The fraction of sp³-hybridized carbons (Fsp3) is 0.0769. The van der Waals surface area contributed by atoms with Crippen LogP contribution in [0.5, 0.6) is 0 Å². The van der Waals surface area contributed by atoms with Gasteiger partial charge in [0.2, 0.25) is 0 Å². The monoisotopic (exact) mass is 311 g/mol. The molecular weight excluding hydrogens is 301 g/mol. The number of hydrogen-bond acceptors (Lipinski definition) is 2. The first-order chi connectivity index (χ1) is 8.15. The molecule has 2 aromatic rings. The van der Waals surface area contributed by atoms with Crippen molar-refractivity contribution >= 4 is 33.4 Å². The average molecular weight is 312 g/mol. The lowest BCUT2D eigenvalue weighted by molar-refractivity contribution is 0.631. The number of halogens is 2. The Kier molecular flexibility index (Phi) is 4.07. The summed E-state index contributed by atoms with van der Waals surface area (Å²) in [7, 11) is 0. The summed E-state index contributed by atoms with van der Waals surface area (Å²) >= 11 is 5.05. The molecule has 0 spiro atoms. The minimum Gasteiger partial charge on any atom is -0.396 e. The Hall–Kier alpha value is -1.00. The first kappa shape index (κ1) is 12.5. The van der Waals surface area contributed by atoms with Crippen LogP contribution in [0.25, 0.3) is 0 Å². The zero-order valence-electron chi connectivity index (χ0n) is 8.99. The third kappa shape index (κ3) is 3.48. The van der Waals surface area contributed by atoms with Gasteiger partial charge in [0.15, 0.2) is 0 Å². The van der Waals surface area contributed by atoms with Crippen LogP contribution in [0.2, 0.25) is 0 Å². The SMILES string of the molecule is Nc1ccc(CSc2ccc(Br)cc2)cc1F. The molecule has 0 aliphatic rings. The summed E-state index contributed by atoms with van der Waals surface area (Å²) in [5, 5.41) is 0. The minimum atomic E-state index is -0.348. The first-order valence-corrected chi connectivity index (χ1v) is 6.85. The van der Waals surface area contributed by atoms with Crippen molar-refractivity contribution in [3.05, 3.63) is 58.3 Å². The molecule has 2 N–H and O–H groups in total. The lowest BCUT2D eigenvalue weighted by atomic mass is 10.2. The molecular formula is C13H11BrFNS. The normalized spacial score (nSPS) is 10.5. The van der Waals surface area contributed by atoms with Crippen LogP contribution in [0.1, 0.15) is 5.56 Å². The molecule has 0 aliphatic heterocycles. The largest absolute Gasteiger partial charge is 0.396 e. The van der Waals surface area contributed by atoms with E-state index in [0.29, 0.717) is 0 Å². The third-order valence-electron chi connectivity index (χ3n) is 2.28. The number of hydrogen-bond donors (Lipinski definition) is 1. The Balaban J connectivity index is 2.02. The maximum absolute atomic E-state index is 13.2. The van der Waals surface area contributed by atoms with Gasteiger partial charge >= 0.3 is 0 Å². The lowest BCUT2D eigenvalue weighted by Crippen LogP contribution is -1.91. The summed E-state index contributed by atoms with van der Waals surface area (Å²) in [4.78, 5) is 1.16. The second-order valence-electron chi connectivity index (χ2n) is 3.60. The maximum Gasteiger partial charge on any atom is 0.146 e. The molecule has 4 heteroatoms. The number of nitrogen functional groups attached to an aromatic ring is 1. The van der Waals surface area contributed by atoms with Crippen molar-refractivity contribution < 1.29 is 4.39 Å². The highest BCUT2D eigenvalue weighted by Crippen LogP contribution is 2.25. The Bertz CT molecular complexity index is 513. The van der Waals surface area contributed by atoms with Crippen molar-refractivity contribution in [2.75, 3.05) is 5.73 Å². The molecule has 0 radical (unpaired) electrons. The molecule has 0 bridgehead atoms. The molecule has 0 aliphatic carbocycles. The van der Waals surface area contributed by atoms with Crippen molar-refractivity contribution in [2.24, 2.45) is 0 Å². The van der Waals surface area contributed by atoms with Crippen LogP contribution in [0.3, 0.4) is 0 Å². The van der Waals surface area contributed by atoms with Gasteiger partial charge < -0.3 is 5.73 Å². The van der Waals surface area contributed by atoms with Gasteiger partial charge in [-0.3, -0.25) is 0 Å². The van der Waals surface area contributed by atoms with Crippen LogP contribution in [-0.2, 0) is 5.75 Å². The van der Waals surface area contributed by atoms with E-state index in [1.165, 1.54) is 6.07 Å². The Morgan fingerprint density at radius 2 is 1.82 bits per heavy atom. The highest BCUT2D eigenvalue weighted by Gasteiger charge is 2.01. The molecule has 2 rings (SSSR count). The molecule has 88 valence electrons. The van der Waals surface area contributed by atoms with E-state index in [0.717, 1.165) is 20.7 Å². The highest BCUT2D eigenvalue weighted by atomic mass is 79.9. The molecule has 0 saturated heterocycles. The topological polar surface area (TPSA) is 26.0 Å². The molecule has 0 fully saturated rings. The quantitative estimate of drug-likeness (QED) is 0.669. The van der Waals surface area contributed by atoms with Crippen LogP contribution in [0, 0.1) is 5.82 Å². The molecule has 1 nitrogen and oxygen atoms in total. The fourth-order valence-corrected chi connectivity index (χ4v) is 2.46. The van der Waals surface area contributed by atoms with Gasteiger partial charge in [-0.1, -0.05) is 22.0 Å². The van der Waals surface area contributed by atoms with Gasteiger partial charge in [0, 0.05) is 15.1 Å². The van der Waals surface area contributed by atoms with E-state index in [1.54, 1.807) is 17.8 Å². The zero-order chi connectivity index (χ0) is 12.3.